The number of rotatable bonds is 38. The predicted molar refractivity (Wildman–Crippen MR) is 209 cm³/mol. The fourth-order valence-electron chi connectivity index (χ4n) is 4.94. The van der Waals surface area contributed by atoms with Gasteiger partial charge in [-0.25, -0.2) is 4.79 Å². The van der Waals surface area contributed by atoms with E-state index < -0.39 is 29.5 Å². The van der Waals surface area contributed by atoms with E-state index in [1.165, 1.54) is 50.0 Å². The van der Waals surface area contributed by atoms with Gasteiger partial charge in [0.2, 0.25) is 11.8 Å². The van der Waals surface area contributed by atoms with Crippen molar-refractivity contribution in [3.63, 3.8) is 0 Å². The molecule has 314 valence electrons. The van der Waals surface area contributed by atoms with Crippen LogP contribution in [0.3, 0.4) is 0 Å². The van der Waals surface area contributed by atoms with E-state index in [1.54, 1.807) is 27.7 Å². The van der Waals surface area contributed by atoms with Crippen LogP contribution in [0.2, 0.25) is 0 Å². The highest BCUT2D eigenvalue weighted by atomic mass is 32.2. The molecule has 14 nitrogen and oxygen atoms in total. The Labute approximate surface area is 327 Å². The molecule has 0 aromatic heterocycles. The molecule has 0 rings (SSSR count). The second-order valence-electron chi connectivity index (χ2n) is 14.3. The number of ketones is 2. The lowest BCUT2D eigenvalue weighted by Crippen LogP contribution is -2.45. The van der Waals surface area contributed by atoms with Gasteiger partial charge in [-0.3, -0.25) is 19.2 Å². The van der Waals surface area contributed by atoms with Crippen molar-refractivity contribution in [2.75, 3.05) is 70.9 Å². The Morgan fingerprint density at radius 1 is 0.611 bits per heavy atom. The molecule has 0 saturated heterocycles. The van der Waals surface area contributed by atoms with Crippen molar-refractivity contribution in [2.24, 2.45) is 0 Å². The van der Waals surface area contributed by atoms with Crippen molar-refractivity contribution < 1.29 is 57.6 Å². The Bertz CT molecular complexity index is 1040. The van der Waals surface area contributed by atoms with Crippen LogP contribution < -0.4 is 10.6 Å². The van der Waals surface area contributed by atoms with Crippen LogP contribution in [-0.4, -0.2) is 123 Å². The summed E-state index contributed by atoms with van der Waals surface area (Å²) in [5, 5.41) is 14.2. The number of carbonyl (C=O) groups is 6. The molecular formula is C39H70N2O12S. The van der Waals surface area contributed by atoms with Crippen LogP contribution >= 0.6 is 11.8 Å². The Kier molecular flexibility index (Phi) is 33.2. The summed E-state index contributed by atoms with van der Waals surface area (Å²) in [5.74, 6) is 0.324. The third-order valence-electron chi connectivity index (χ3n) is 7.74. The molecule has 1 atom stereocenters. The first-order chi connectivity index (χ1) is 25.8. The number of Topliss-reactive ketones (excluding diaryl/α,β-unsaturated/α-hetero) is 2. The third kappa shape index (κ3) is 37.7. The largest absolute Gasteiger partial charge is 0.481 e. The number of carboxylic acid groups (broad SMARTS) is 1. The SMILES string of the molecule is CC(=O)CCCCCCCSCCCCCCCC(=O)NCCOCCOCC(=O)CCCOCCOCC(=O)NC(CCC(=O)O)C(=O)OC(C)(C)C. The van der Waals surface area contributed by atoms with Crippen molar-refractivity contribution >= 4 is 47.1 Å². The maximum Gasteiger partial charge on any atom is 0.329 e. The zero-order valence-corrected chi connectivity index (χ0v) is 34.3. The molecule has 54 heavy (non-hydrogen) atoms. The zero-order valence-electron chi connectivity index (χ0n) is 33.5. The van der Waals surface area contributed by atoms with E-state index in [9.17, 15) is 28.8 Å². The van der Waals surface area contributed by atoms with Gasteiger partial charge in [0.1, 0.15) is 30.6 Å². The first-order valence-electron chi connectivity index (χ1n) is 19.7. The molecule has 1 unspecified atom stereocenters. The van der Waals surface area contributed by atoms with E-state index >= 15 is 0 Å². The minimum absolute atomic E-state index is 0.0152. The molecule has 15 heteroatoms. The molecule has 0 heterocycles. The number of nitrogens with one attached hydrogen (secondary N) is 2. The predicted octanol–water partition coefficient (Wildman–Crippen LogP) is 5.21. The molecule has 0 radical (unpaired) electrons. The van der Waals surface area contributed by atoms with Crippen LogP contribution in [0.1, 0.15) is 130 Å². The summed E-state index contributed by atoms with van der Waals surface area (Å²) >= 11 is 2.03. The maximum atomic E-state index is 12.3. The number of aliphatic carboxylic acids is 1. The molecule has 0 bridgehead atoms. The molecule has 0 aliphatic carbocycles. The molecular weight excluding hydrogens is 720 g/mol. The number of hydrogen-bond acceptors (Lipinski definition) is 12. The Hall–Kier alpha value is -2.59. The fourth-order valence-corrected chi connectivity index (χ4v) is 5.96. The Balaban J connectivity index is 3.57. The van der Waals surface area contributed by atoms with Crippen molar-refractivity contribution in [2.45, 2.75) is 142 Å². The lowest BCUT2D eigenvalue weighted by atomic mass is 10.1. The summed E-state index contributed by atoms with van der Waals surface area (Å²) in [6.07, 6.45) is 13.1. The van der Waals surface area contributed by atoms with Gasteiger partial charge in [-0.15, -0.1) is 0 Å². The Morgan fingerprint density at radius 2 is 1.17 bits per heavy atom. The third-order valence-corrected chi connectivity index (χ3v) is 8.89. The van der Waals surface area contributed by atoms with Crippen molar-refractivity contribution in [3.05, 3.63) is 0 Å². The van der Waals surface area contributed by atoms with Crippen LogP contribution in [0, 0.1) is 0 Å². The lowest BCUT2D eigenvalue weighted by Gasteiger charge is -2.24. The van der Waals surface area contributed by atoms with Gasteiger partial charge in [0, 0.05) is 38.8 Å². The van der Waals surface area contributed by atoms with Crippen LogP contribution in [-0.2, 0) is 52.5 Å². The van der Waals surface area contributed by atoms with Gasteiger partial charge in [0.25, 0.3) is 0 Å². The van der Waals surface area contributed by atoms with E-state index in [1.807, 2.05) is 11.8 Å². The second-order valence-corrected chi connectivity index (χ2v) is 15.5. The number of carboxylic acids is 1. The number of thioether (sulfide) groups is 1. The highest BCUT2D eigenvalue weighted by Crippen LogP contribution is 2.14. The number of amides is 2. The number of hydrogen-bond donors (Lipinski definition) is 3. The first-order valence-corrected chi connectivity index (χ1v) is 20.9. The molecule has 0 aliphatic rings. The maximum absolute atomic E-state index is 12.3. The standard InChI is InChI=1S/C39H70N2O12S/c1-32(42)16-11-7-5-9-13-28-54-29-14-10-6-8-12-18-35(44)40-21-23-50-25-26-51-30-33(43)17-15-22-49-24-27-52-31-36(45)41-34(19-20-37(46)47)38(48)53-39(2,3)4/h34H,5-31H2,1-4H3,(H,40,44)(H,41,45)(H,46,47). The van der Waals surface area contributed by atoms with Gasteiger partial charge < -0.3 is 44.2 Å². The number of esters is 1. The highest BCUT2D eigenvalue weighted by molar-refractivity contribution is 7.99. The molecule has 3 N–H and O–H groups in total. The minimum atomic E-state index is -1.10. The normalized spacial score (nSPS) is 11.9. The smallest absolute Gasteiger partial charge is 0.329 e. The molecule has 0 saturated carbocycles. The summed E-state index contributed by atoms with van der Waals surface area (Å²) < 4.78 is 26.8. The summed E-state index contributed by atoms with van der Waals surface area (Å²) in [4.78, 5) is 70.4. The summed E-state index contributed by atoms with van der Waals surface area (Å²) in [6, 6.07) is -1.10. The number of ether oxygens (including phenoxy) is 5. The molecule has 0 aromatic rings. The van der Waals surface area contributed by atoms with Crippen molar-refractivity contribution in [1.29, 1.82) is 0 Å². The zero-order chi connectivity index (χ0) is 40.3. The first kappa shape index (κ1) is 51.4. The van der Waals surface area contributed by atoms with Gasteiger partial charge in [-0.1, -0.05) is 38.5 Å². The average Bonchev–Trinajstić information content (AvgIpc) is 3.09. The molecule has 0 aliphatic heterocycles. The molecule has 0 aromatic carbocycles. The van der Waals surface area contributed by atoms with Gasteiger partial charge in [-0.2, -0.15) is 11.8 Å². The quantitative estimate of drug-likeness (QED) is 0.0546. The van der Waals surface area contributed by atoms with E-state index in [-0.39, 0.29) is 57.6 Å². The van der Waals surface area contributed by atoms with E-state index in [0.29, 0.717) is 51.4 Å². The van der Waals surface area contributed by atoms with Crippen molar-refractivity contribution in [3.8, 4) is 0 Å². The van der Waals surface area contributed by atoms with Crippen LogP contribution in [0.5, 0.6) is 0 Å². The van der Waals surface area contributed by atoms with Crippen LogP contribution in [0.4, 0.5) is 0 Å². The van der Waals surface area contributed by atoms with Gasteiger partial charge in [0.05, 0.1) is 33.0 Å². The summed E-state index contributed by atoms with van der Waals surface area (Å²) in [7, 11) is 0. The Morgan fingerprint density at radius 3 is 1.78 bits per heavy atom. The van der Waals surface area contributed by atoms with Crippen molar-refractivity contribution in [1.82, 2.24) is 10.6 Å². The molecule has 0 fully saturated rings. The fraction of sp³-hybridized carbons (Fsp3) is 0.846. The van der Waals surface area contributed by atoms with Crippen LogP contribution in [0.25, 0.3) is 0 Å². The van der Waals surface area contributed by atoms with Crippen LogP contribution in [0.15, 0.2) is 0 Å². The van der Waals surface area contributed by atoms with E-state index in [4.69, 9.17) is 28.8 Å². The second kappa shape index (κ2) is 34.9. The van der Waals surface area contributed by atoms with Gasteiger partial charge in [0.15, 0.2) is 5.78 Å². The summed E-state index contributed by atoms with van der Waals surface area (Å²) in [5.41, 5.74) is -0.785. The summed E-state index contributed by atoms with van der Waals surface area (Å²) in [6.45, 7) is 8.42. The lowest BCUT2D eigenvalue weighted by molar-refractivity contribution is -0.159. The highest BCUT2D eigenvalue weighted by Gasteiger charge is 2.27. The minimum Gasteiger partial charge on any atom is -0.481 e. The van der Waals surface area contributed by atoms with Gasteiger partial charge in [-0.05, 0) is 77.7 Å². The molecule has 2 amide bonds. The van der Waals surface area contributed by atoms with Gasteiger partial charge >= 0.3 is 11.9 Å². The monoisotopic (exact) mass is 790 g/mol. The molecule has 0 spiro atoms. The topological polar surface area (TPSA) is 193 Å². The number of carbonyl (C=O) groups excluding carboxylic acids is 5. The average molecular weight is 791 g/mol. The van der Waals surface area contributed by atoms with E-state index in [0.717, 1.165) is 32.1 Å². The number of unbranched alkanes of at least 4 members (excludes halogenated alkanes) is 8. The van der Waals surface area contributed by atoms with E-state index in [2.05, 4.69) is 10.6 Å².